The van der Waals surface area contributed by atoms with Crippen molar-refractivity contribution in [2.45, 2.75) is 44.6 Å². The second kappa shape index (κ2) is 4.30. The van der Waals surface area contributed by atoms with Crippen LogP contribution in [0.4, 0.5) is 0 Å². The summed E-state index contributed by atoms with van der Waals surface area (Å²) >= 11 is 0. The van der Waals surface area contributed by atoms with Gasteiger partial charge in [0.1, 0.15) is 0 Å². The maximum atomic E-state index is 11.8. The molecule has 0 unspecified atom stereocenters. The lowest BCUT2D eigenvalue weighted by Crippen LogP contribution is -2.34. The summed E-state index contributed by atoms with van der Waals surface area (Å²) in [7, 11) is 0. The average Bonchev–Trinajstić information content (AvgIpc) is 3.02. The Bertz CT molecular complexity index is 209. The van der Waals surface area contributed by atoms with Crippen LogP contribution in [0.2, 0.25) is 0 Å². The van der Waals surface area contributed by atoms with Crippen molar-refractivity contribution < 1.29 is 9.90 Å². The molecule has 1 amide bonds. The minimum Gasteiger partial charge on any atom is -0.396 e. The third-order valence-electron chi connectivity index (χ3n) is 3.01. The van der Waals surface area contributed by atoms with E-state index in [-0.39, 0.29) is 12.5 Å². The summed E-state index contributed by atoms with van der Waals surface area (Å²) in [6.07, 6.45) is 6.13. The highest BCUT2D eigenvalue weighted by atomic mass is 16.3. The Kier molecular flexibility index (Phi) is 3.06. The Morgan fingerprint density at radius 1 is 1.29 bits per heavy atom. The highest BCUT2D eigenvalue weighted by Crippen LogP contribution is 2.35. The Morgan fingerprint density at radius 3 is 2.50 bits per heavy atom. The number of carbonyl (C=O) groups excluding carboxylic acids is 1. The van der Waals surface area contributed by atoms with Crippen molar-refractivity contribution in [3.63, 3.8) is 0 Å². The number of hydrogen-bond acceptors (Lipinski definition) is 2. The molecule has 0 aromatic rings. The monoisotopic (exact) mass is 197 g/mol. The van der Waals surface area contributed by atoms with Crippen molar-refractivity contribution in [3.05, 3.63) is 0 Å². The normalized spacial score (nSPS) is 20.9. The van der Waals surface area contributed by atoms with E-state index in [9.17, 15) is 4.79 Å². The zero-order chi connectivity index (χ0) is 9.97. The number of amides is 1. The van der Waals surface area contributed by atoms with E-state index in [0.29, 0.717) is 18.9 Å². The zero-order valence-corrected chi connectivity index (χ0v) is 8.61. The van der Waals surface area contributed by atoms with Crippen LogP contribution < -0.4 is 0 Å². The first-order valence-electron chi connectivity index (χ1n) is 5.71. The summed E-state index contributed by atoms with van der Waals surface area (Å²) in [6, 6.07) is 0.543. The molecule has 14 heavy (non-hydrogen) atoms. The van der Waals surface area contributed by atoms with Crippen LogP contribution in [0.5, 0.6) is 0 Å². The van der Waals surface area contributed by atoms with Crippen LogP contribution in [0.15, 0.2) is 0 Å². The fourth-order valence-corrected chi connectivity index (χ4v) is 1.79. The number of rotatable bonds is 6. The van der Waals surface area contributed by atoms with Gasteiger partial charge in [0.05, 0.1) is 0 Å². The first kappa shape index (κ1) is 9.97. The Labute approximate surface area is 85.1 Å². The van der Waals surface area contributed by atoms with Crippen molar-refractivity contribution >= 4 is 5.91 Å². The molecule has 80 valence electrons. The van der Waals surface area contributed by atoms with Gasteiger partial charge in [0, 0.05) is 25.6 Å². The van der Waals surface area contributed by atoms with E-state index in [1.54, 1.807) is 0 Å². The average molecular weight is 197 g/mol. The summed E-state index contributed by atoms with van der Waals surface area (Å²) in [6.45, 7) is 1.11. The van der Waals surface area contributed by atoms with Gasteiger partial charge in [-0.25, -0.2) is 0 Å². The first-order chi connectivity index (χ1) is 6.81. The second-order valence-corrected chi connectivity index (χ2v) is 4.55. The lowest BCUT2D eigenvalue weighted by molar-refractivity contribution is -0.132. The standard InChI is InChI=1S/C11H19NO2/c13-7-1-2-11(14)12(10-5-6-10)8-9-3-4-9/h9-10,13H,1-8H2. The molecule has 2 aliphatic carbocycles. The van der Waals surface area contributed by atoms with Gasteiger partial charge >= 0.3 is 0 Å². The molecule has 0 saturated heterocycles. The van der Waals surface area contributed by atoms with Gasteiger partial charge in [-0.1, -0.05) is 0 Å². The van der Waals surface area contributed by atoms with Crippen LogP contribution in [0.1, 0.15) is 38.5 Å². The van der Waals surface area contributed by atoms with Crippen molar-refractivity contribution in [3.8, 4) is 0 Å². The molecule has 0 bridgehead atoms. The minimum absolute atomic E-state index is 0.133. The van der Waals surface area contributed by atoms with Crippen LogP contribution in [-0.2, 0) is 4.79 Å². The number of carbonyl (C=O) groups is 1. The van der Waals surface area contributed by atoms with E-state index < -0.39 is 0 Å². The van der Waals surface area contributed by atoms with E-state index in [2.05, 4.69) is 4.90 Å². The first-order valence-corrected chi connectivity index (χ1v) is 5.71. The third-order valence-corrected chi connectivity index (χ3v) is 3.01. The fourth-order valence-electron chi connectivity index (χ4n) is 1.79. The summed E-state index contributed by atoms with van der Waals surface area (Å²) < 4.78 is 0. The molecule has 3 heteroatoms. The molecule has 3 nitrogen and oxygen atoms in total. The van der Waals surface area contributed by atoms with Crippen molar-refractivity contribution in [1.29, 1.82) is 0 Å². The van der Waals surface area contributed by atoms with E-state index >= 15 is 0 Å². The maximum absolute atomic E-state index is 11.8. The molecule has 0 radical (unpaired) electrons. The van der Waals surface area contributed by atoms with Gasteiger partial charge < -0.3 is 10.0 Å². The Hall–Kier alpha value is -0.570. The molecule has 0 atom stereocenters. The number of hydrogen-bond donors (Lipinski definition) is 1. The van der Waals surface area contributed by atoms with E-state index in [1.165, 1.54) is 25.7 Å². The van der Waals surface area contributed by atoms with E-state index in [0.717, 1.165) is 12.5 Å². The predicted molar refractivity (Wildman–Crippen MR) is 53.8 cm³/mol. The number of nitrogens with zero attached hydrogens (tertiary/aromatic N) is 1. The Balaban J connectivity index is 1.78. The third kappa shape index (κ3) is 2.71. The minimum atomic E-state index is 0.133. The van der Waals surface area contributed by atoms with Gasteiger partial charge in [-0.3, -0.25) is 4.79 Å². The maximum Gasteiger partial charge on any atom is 0.222 e. The Morgan fingerprint density at radius 2 is 2.00 bits per heavy atom. The molecule has 2 rings (SSSR count). The predicted octanol–water partition coefficient (Wildman–Crippen LogP) is 1.16. The van der Waals surface area contributed by atoms with Gasteiger partial charge in [0.2, 0.25) is 5.91 Å². The molecular formula is C11H19NO2. The molecule has 0 aliphatic heterocycles. The van der Waals surface area contributed by atoms with Crippen molar-refractivity contribution in [2.24, 2.45) is 5.92 Å². The van der Waals surface area contributed by atoms with Gasteiger partial charge in [-0.15, -0.1) is 0 Å². The summed E-state index contributed by atoms with van der Waals surface area (Å²) in [5.74, 6) is 1.04. The van der Waals surface area contributed by atoms with E-state index in [4.69, 9.17) is 5.11 Å². The largest absolute Gasteiger partial charge is 0.396 e. The van der Waals surface area contributed by atoms with Crippen molar-refractivity contribution in [1.82, 2.24) is 4.90 Å². The topological polar surface area (TPSA) is 40.5 Å². The van der Waals surface area contributed by atoms with Crippen LogP contribution in [0, 0.1) is 5.92 Å². The summed E-state index contributed by atoms with van der Waals surface area (Å²) in [5, 5.41) is 8.67. The summed E-state index contributed by atoms with van der Waals surface area (Å²) in [5.41, 5.74) is 0. The molecule has 2 aliphatic rings. The van der Waals surface area contributed by atoms with Crippen LogP contribution in [-0.4, -0.2) is 35.1 Å². The lowest BCUT2D eigenvalue weighted by atomic mass is 10.2. The zero-order valence-electron chi connectivity index (χ0n) is 8.61. The van der Waals surface area contributed by atoms with Crippen molar-refractivity contribution in [2.75, 3.05) is 13.2 Å². The SMILES string of the molecule is O=C(CCCO)N(CC1CC1)C1CC1. The molecule has 2 fully saturated rings. The number of aliphatic hydroxyl groups excluding tert-OH is 1. The quantitative estimate of drug-likeness (QED) is 0.694. The molecular weight excluding hydrogens is 178 g/mol. The molecule has 2 saturated carbocycles. The summed E-state index contributed by atoms with van der Waals surface area (Å²) in [4.78, 5) is 13.8. The van der Waals surface area contributed by atoms with Crippen LogP contribution in [0.3, 0.4) is 0 Å². The van der Waals surface area contributed by atoms with Gasteiger partial charge in [0.15, 0.2) is 0 Å². The lowest BCUT2D eigenvalue weighted by Gasteiger charge is -2.22. The molecule has 0 spiro atoms. The number of aliphatic hydroxyl groups is 1. The highest BCUT2D eigenvalue weighted by Gasteiger charge is 2.35. The molecule has 0 aromatic carbocycles. The van der Waals surface area contributed by atoms with Gasteiger partial charge in [0.25, 0.3) is 0 Å². The second-order valence-electron chi connectivity index (χ2n) is 4.55. The smallest absolute Gasteiger partial charge is 0.222 e. The molecule has 0 heterocycles. The van der Waals surface area contributed by atoms with E-state index in [1.807, 2.05) is 0 Å². The highest BCUT2D eigenvalue weighted by molar-refractivity contribution is 5.76. The molecule has 0 aromatic heterocycles. The van der Waals surface area contributed by atoms with Crippen LogP contribution in [0.25, 0.3) is 0 Å². The fraction of sp³-hybridized carbons (Fsp3) is 0.909. The van der Waals surface area contributed by atoms with Gasteiger partial charge in [-0.2, -0.15) is 0 Å². The van der Waals surface area contributed by atoms with Crippen LogP contribution >= 0.6 is 0 Å². The molecule has 1 N–H and O–H groups in total. The van der Waals surface area contributed by atoms with Gasteiger partial charge in [-0.05, 0) is 38.0 Å².